The molecule has 0 radical (unpaired) electrons. The van der Waals surface area contributed by atoms with Crippen molar-refractivity contribution in [2.75, 3.05) is 20.3 Å². The Morgan fingerprint density at radius 1 is 1.36 bits per heavy atom. The molecule has 1 fully saturated rings. The zero-order chi connectivity index (χ0) is 17.4. The van der Waals surface area contributed by atoms with Crippen molar-refractivity contribution >= 4 is 34.2 Å². The van der Waals surface area contributed by atoms with Gasteiger partial charge in [0.05, 0.1) is 18.2 Å². The first-order valence-corrected chi connectivity index (χ1v) is 8.37. The first-order valence-electron chi connectivity index (χ1n) is 7.62. The second kappa shape index (κ2) is 6.59. The summed E-state index contributed by atoms with van der Waals surface area (Å²) in [6.07, 6.45) is 2.82. The van der Waals surface area contributed by atoms with E-state index in [1.165, 1.54) is 6.33 Å². The molecule has 1 aliphatic heterocycles. The van der Waals surface area contributed by atoms with E-state index >= 15 is 0 Å². The monoisotopic (exact) mass is 383 g/mol. The molecule has 0 aliphatic carbocycles. The third-order valence-electron chi connectivity index (χ3n) is 3.96. The fraction of sp³-hybridized carbons (Fsp3) is 0.375. The smallest absolute Gasteiger partial charge is 0.249 e. The predicted octanol–water partition coefficient (Wildman–Crippen LogP) is 3.25. The predicted molar refractivity (Wildman–Crippen MR) is 90.6 cm³/mol. The summed E-state index contributed by atoms with van der Waals surface area (Å²) in [6, 6.07) is 5.23. The van der Waals surface area contributed by atoms with E-state index in [4.69, 9.17) is 41.8 Å². The van der Waals surface area contributed by atoms with Crippen LogP contribution in [0.5, 0.6) is 0 Å². The number of halogens is 2. The van der Waals surface area contributed by atoms with E-state index in [1.807, 2.05) is 6.07 Å². The van der Waals surface area contributed by atoms with Crippen molar-refractivity contribution in [2.24, 2.45) is 0 Å². The Balaban J connectivity index is 1.77. The van der Waals surface area contributed by atoms with E-state index in [0.717, 1.165) is 5.39 Å². The first-order chi connectivity index (χ1) is 12.1. The van der Waals surface area contributed by atoms with Crippen molar-refractivity contribution in [1.29, 1.82) is 0 Å². The standard InChI is InChI=1S/C16H15Cl2N3O4/c1-22-5-12-6-23-16(25-12,7-21-9-19-8-20-21)14-3-10-2-11(17)4-13(18)15(10)24-14/h2-4,8-9,12H,5-7H2,1H3. The van der Waals surface area contributed by atoms with Gasteiger partial charge in [-0.05, 0) is 18.2 Å². The Morgan fingerprint density at radius 2 is 2.24 bits per heavy atom. The van der Waals surface area contributed by atoms with Crippen LogP contribution in [0, 0.1) is 0 Å². The van der Waals surface area contributed by atoms with E-state index < -0.39 is 5.79 Å². The van der Waals surface area contributed by atoms with Gasteiger partial charge >= 0.3 is 0 Å². The maximum atomic E-state index is 6.24. The summed E-state index contributed by atoms with van der Waals surface area (Å²) in [5.41, 5.74) is 0.529. The Hall–Kier alpha value is -1.64. The Bertz CT molecular complexity index is 883. The van der Waals surface area contributed by atoms with Gasteiger partial charge in [0.2, 0.25) is 5.79 Å². The number of furan rings is 1. The number of fused-ring (bicyclic) bond motifs is 1. The van der Waals surface area contributed by atoms with Gasteiger partial charge in [0.15, 0.2) is 11.3 Å². The number of nitrogens with zero attached hydrogens (tertiary/aromatic N) is 3. The molecule has 0 saturated carbocycles. The van der Waals surface area contributed by atoms with Crippen molar-refractivity contribution in [2.45, 2.75) is 18.4 Å². The first kappa shape index (κ1) is 16.8. The molecule has 132 valence electrons. The summed E-state index contributed by atoms with van der Waals surface area (Å²) in [7, 11) is 1.61. The van der Waals surface area contributed by atoms with Gasteiger partial charge in [-0.2, -0.15) is 5.10 Å². The van der Waals surface area contributed by atoms with Gasteiger partial charge in [0.25, 0.3) is 0 Å². The van der Waals surface area contributed by atoms with Crippen LogP contribution in [-0.4, -0.2) is 41.2 Å². The lowest BCUT2D eigenvalue weighted by Gasteiger charge is -2.25. The average Bonchev–Trinajstić information content (AvgIpc) is 3.28. The van der Waals surface area contributed by atoms with Gasteiger partial charge in [-0.1, -0.05) is 23.2 Å². The lowest BCUT2D eigenvalue weighted by molar-refractivity contribution is -0.203. The van der Waals surface area contributed by atoms with Crippen molar-refractivity contribution < 1.29 is 18.6 Å². The molecule has 0 N–H and O–H groups in total. The Kier molecular flexibility index (Phi) is 4.43. The molecule has 2 unspecified atom stereocenters. The van der Waals surface area contributed by atoms with Crippen molar-refractivity contribution in [3.63, 3.8) is 0 Å². The zero-order valence-electron chi connectivity index (χ0n) is 13.3. The van der Waals surface area contributed by atoms with Gasteiger partial charge in [-0.3, -0.25) is 0 Å². The number of hydrogen-bond acceptors (Lipinski definition) is 6. The zero-order valence-corrected chi connectivity index (χ0v) is 14.8. The molecular weight excluding hydrogens is 369 g/mol. The minimum absolute atomic E-state index is 0.221. The van der Waals surface area contributed by atoms with Crippen LogP contribution in [0.2, 0.25) is 10.0 Å². The van der Waals surface area contributed by atoms with E-state index in [1.54, 1.807) is 30.3 Å². The quantitative estimate of drug-likeness (QED) is 0.673. The Morgan fingerprint density at radius 3 is 3.00 bits per heavy atom. The molecule has 25 heavy (non-hydrogen) atoms. The fourth-order valence-electron chi connectivity index (χ4n) is 2.91. The van der Waals surface area contributed by atoms with Crippen LogP contribution >= 0.6 is 23.2 Å². The molecule has 1 saturated heterocycles. The van der Waals surface area contributed by atoms with Crippen LogP contribution < -0.4 is 0 Å². The molecule has 0 bridgehead atoms. The number of hydrogen-bond donors (Lipinski definition) is 0. The molecule has 0 spiro atoms. The number of aromatic nitrogens is 3. The van der Waals surface area contributed by atoms with E-state index in [0.29, 0.717) is 34.6 Å². The molecular formula is C16H15Cl2N3O4. The molecule has 1 aliphatic rings. The van der Waals surface area contributed by atoms with Crippen LogP contribution in [-0.2, 0) is 26.5 Å². The average molecular weight is 384 g/mol. The minimum Gasteiger partial charge on any atom is -0.454 e. The molecule has 3 aromatic rings. The van der Waals surface area contributed by atoms with E-state index in [2.05, 4.69) is 10.1 Å². The molecule has 3 heterocycles. The van der Waals surface area contributed by atoms with Gasteiger partial charge in [0.1, 0.15) is 25.3 Å². The van der Waals surface area contributed by atoms with Crippen LogP contribution in [0.25, 0.3) is 11.0 Å². The third-order valence-corrected chi connectivity index (χ3v) is 4.46. The summed E-state index contributed by atoms with van der Waals surface area (Å²) < 4.78 is 24.9. The molecule has 0 amide bonds. The number of ether oxygens (including phenoxy) is 3. The normalized spacial score (nSPS) is 23.6. The van der Waals surface area contributed by atoms with E-state index in [-0.39, 0.29) is 12.6 Å². The van der Waals surface area contributed by atoms with Crippen LogP contribution in [0.3, 0.4) is 0 Å². The van der Waals surface area contributed by atoms with Crippen molar-refractivity contribution in [1.82, 2.24) is 14.8 Å². The summed E-state index contributed by atoms with van der Waals surface area (Å²) in [5.74, 6) is -0.660. The highest BCUT2D eigenvalue weighted by molar-refractivity contribution is 6.38. The molecule has 9 heteroatoms. The topological polar surface area (TPSA) is 71.5 Å². The molecule has 2 aromatic heterocycles. The molecule has 7 nitrogen and oxygen atoms in total. The lowest BCUT2D eigenvalue weighted by atomic mass is 10.2. The Labute approximate surface area is 153 Å². The van der Waals surface area contributed by atoms with Crippen molar-refractivity contribution in [3.8, 4) is 0 Å². The van der Waals surface area contributed by atoms with Gasteiger partial charge in [-0.25, -0.2) is 9.67 Å². The summed E-state index contributed by atoms with van der Waals surface area (Å²) in [6.45, 7) is 1.05. The van der Waals surface area contributed by atoms with Gasteiger partial charge in [-0.15, -0.1) is 0 Å². The highest BCUT2D eigenvalue weighted by Crippen LogP contribution is 2.40. The SMILES string of the molecule is COCC1COC(Cn2cncn2)(c2cc3cc(Cl)cc(Cl)c3o2)O1. The lowest BCUT2D eigenvalue weighted by Crippen LogP contribution is -2.34. The third kappa shape index (κ3) is 3.14. The number of rotatable bonds is 5. The fourth-order valence-corrected chi connectivity index (χ4v) is 3.46. The number of benzene rings is 1. The maximum absolute atomic E-state index is 6.24. The van der Waals surface area contributed by atoms with Gasteiger partial charge in [0, 0.05) is 17.5 Å². The van der Waals surface area contributed by atoms with Crippen LogP contribution in [0.1, 0.15) is 5.76 Å². The van der Waals surface area contributed by atoms with Crippen LogP contribution in [0.4, 0.5) is 0 Å². The summed E-state index contributed by atoms with van der Waals surface area (Å²) >= 11 is 12.3. The van der Waals surface area contributed by atoms with Gasteiger partial charge < -0.3 is 18.6 Å². The highest BCUT2D eigenvalue weighted by atomic mass is 35.5. The summed E-state index contributed by atoms with van der Waals surface area (Å²) in [4.78, 5) is 3.96. The maximum Gasteiger partial charge on any atom is 0.249 e. The molecule has 2 atom stereocenters. The summed E-state index contributed by atoms with van der Waals surface area (Å²) in [5, 5.41) is 5.86. The number of methoxy groups -OCH3 is 1. The minimum atomic E-state index is -1.15. The second-order valence-corrected chi connectivity index (χ2v) is 6.61. The highest BCUT2D eigenvalue weighted by Gasteiger charge is 2.47. The molecule has 1 aromatic carbocycles. The molecule has 4 rings (SSSR count). The van der Waals surface area contributed by atoms with Crippen molar-refractivity contribution in [3.05, 3.63) is 46.7 Å². The largest absolute Gasteiger partial charge is 0.454 e. The van der Waals surface area contributed by atoms with E-state index in [9.17, 15) is 0 Å². The second-order valence-electron chi connectivity index (χ2n) is 5.77. The van der Waals surface area contributed by atoms with Crippen LogP contribution in [0.15, 0.2) is 35.3 Å².